The van der Waals surface area contributed by atoms with Gasteiger partial charge >= 0.3 is 0 Å². The lowest BCUT2D eigenvalue weighted by Crippen LogP contribution is -2.17. The number of hydrogen-bond donors (Lipinski definition) is 0. The number of benzene rings is 2. The van der Waals surface area contributed by atoms with E-state index in [2.05, 4.69) is 10.9 Å². The maximum absolute atomic E-state index is 14.2. The van der Waals surface area contributed by atoms with Crippen LogP contribution in [0.2, 0.25) is 0 Å². The summed E-state index contributed by atoms with van der Waals surface area (Å²) in [6.45, 7) is -0.0415. The number of fused-ring (bicyclic) bond motifs is 1. The Morgan fingerprint density at radius 2 is 1.93 bits per heavy atom. The van der Waals surface area contributed by atoms with Crippen molar-refractivity contribution in [2.24, 2.45) is 4.99 Å². The molecule has 3 aromatic rings. The molecular formula is C21H18F2N2O3S2. The summed E-state index contributed by atoms with van der Waals surface area (Å²) < 4.78 is 53.7. The Labute approximate surface area is 176 Å². The van der Waals surface area contributed by atoms with Gasteiger partial charge in [0.1, 0.15) is 5.82 Å². The molecule has 1 amide bonds. The fourth-order valence-electron chi connectivity index (χ4n) is 2.96. The van der Waals surface area contributed by atoms with Gasteiger partial charge in [-0.05, 0) is 18.1 Å². The third kappa shape index (κ3) is 5.40. The lowest BCUT2D eigenvalue weighted by atomic mass is 10.2. The van der Waals surface area contributed by atoms with Crippen molar-refractivity contribution in [2.75, 3.05) is 5.75 Å². The molecule has 9 heteroatoms. The molecule has 0 N–H and O–H groups in total. The van der Waals surface area contributed by atoms with E-state index in [9.17, 15) is 22.0 Å². The number of thiazole rings is 1. The summed E-state index contributed by atoms with van der Waals surface area (Å²) in [5, 5.41) is 0. The highest BCUT2D eigenvalue weighted by Crippen LogP contribution is 2.22. The zero-order chi connectivity index (χ0) is 21.7. The van der Waals surface area contributed by atoms with E-state index in [0.717, 1.165) is 23.5 Å². The summed E-state index contributed by atoms with van der Waals surface area (Å²) in [4.78, 5) is 16.3. The first-order valence-corrected chi connectivity index (χ1v) is 11.7. The van der Waals surface area contributed by atoms with Crippen LogP contribution in [0.4, 0.5) is 8.78 Å². The van der Waals surface area contributed by atoms with Gasteiger partial charge < -0.3 is 4.57 Å². The first kappa shape index (κ1) is 21.9. The minimum Gasteiger partial charge on any atom is -0.302 e. The summed E-state index contributed by atoms with van der Waals surface area (Å²) in [5.41, 5.74) is 0.764. The van der Waals surface area contributed by atoms with Crippen molar-refractivity contribution in [3.05, 3.63) is 64.5 Å². The lowest BCUT2D eigenvalue weighted by Gasteiger charge is -2.04. The van der Waals surface area contributed by atoms with E-state index in [1.165, 1.54) is 4.57 Å². The Kier molecular flexibility index (Phi) is 6.80. The van der Waals surface area contributed by atoms with E-state index in [1.807, 2.05) is 0 Å². The number of nitrogens with zero attached hydrogens (tertiary/aromatic N) is 2. The van der Waals surface area contributed by atoms with E-state index in [1.54, 1.807) is 30.3 Å². The average molecular weight is 449 g/mol. The van der Waals surface area contributed by atoms with Crippen LogP contribution in [-0.2, 0) is 26.9 Å². The SMILES string of the molecule is C#CCn1c(=NC(=O)CCCS(=O)(=O)Cc2ccccc2)sc2cc(F)cc(F)c21. The Bertz CT molecular complexity index is 1290. The lowest BCUT2D eigenvalue weighted by molar-refractivity contribution is -0.118. The monoisotopic (exact) mass is 448 g/mol. The molecule has 0 saturated carbocycles. The van der Waals surface area contributed by atoms with Gasteiger partial charge in [-0.25, -0.2) is 17.2 Å². The number of carbonyl (C=O) groups is 1. The molecule has 3 rings (SSSR count). The van der Waals surface area contributed by atoms with Gasteiger partial charge in [-0.3, -0.25) is 4.79 Å². The van der Waals surface area contributed by atoms with Crippen molar-refractivity contribution in [3.63, 3.8) is 0 Å². The third-order valence-electron chi connectivity index (χ3n) is 4.24. The van der Waals surface area contributed by atoms with Crippen LogP contribution in [0, 0.1) is 24.0 Å². The van der Waals surface area contributed by atoms with Crippen molar-refractivity contribution in [1.82, 2.24) is 4.57 Å². The number of rotatable bonds is 7. The minimum absolute atomic E-state index is 0.0415. The summed E-state index contributed by atoms with van der Waals surface area (Å²) in [5.74, 6) is 0.0279. The Morgan fingerprint density at radius 1 is 1.20 bits per heavy atom. The van der Waals surface area contributed by atoms with Gasteiger partial charge in [0.15, 0.2) is 20.5 Å². The van der Waals surface area contributed by atoms with Crippen LogP contribution in [0.3, 0.4) is 0 Å². The highest BCUT2D eigenvalue weighted by molar-refractivity contribution is 7.90. The van der Waals surface area contributed by atoms with Gasteiger partial charge in [0.2, 0.25) is 5.91 Å². The molecule has 0 aliphatic heterocycles. The predicted molar refractivity (Wildman–Crippen MR) is 112 cm³/mol. The van der Waals surface area contributed by atoms with E-state index < -0.39 is 27.4 Å². The van der Waals surface area contributed by atoms with Crippen molar-refractivity contribution < 1.29 is 22.0 Å². The highest BCUT2D eigenvalue weighted by Gasteiger charge is 2.15. The second-order valence-corrected chi connectivity index (χ2v) is 9.79. The molecule has 0 bridgehead atoms. The Morgan fingerprint density at radius 3 is 2.63 bits per heavy atom. The molecule has 5 nitrogen and oxygen atoms in total. The maximum Gasteiger partial charge on any atom is 0.248 e. The zero-order valence-corrected chi connectivity index (χ0v) is 17.5. The van der Waals surface area contributed by atoms with Gasteiger partial charge in [-0.2, -0.15) is 4.99 Å². The molecule has 30 heavy (non-hydrogen) atoms. The largest absolute Gasteiger partial charge is 0.302 e. The molecule has 0 saturated heterocycles. The molecule has 0 fully saturated rings. The van der Waals surface area contributed by atoms with Crippen molar-refractivity contribution in [3.8, 4) is 12.3 Å². The Balaban J connectivity index is 1.73. The second-order valence-electron chi connectivity index (χ2n) is 6.60. The number of carbonyl (C=O) groups excluding carboxylic acids is 1. The van der Waals surface area contributed by atoms with Gasteiger partial charge in [0.05, 0.1) is 28.3 Å². The molecule has 0 radical (unpaired) electrons. The molecule has 0 aliphatic rings. The summed E-state index contributed by atoms with van der Waals surface area (Å²) in [6, 6.07) is 10.7. The van der Waals surface area contributed by atoms with Gasteiger partial charge in [-0.15, -0.1) is 6.42 Å². The van der Waals surface area contributed by atoms with E-state index in [4.69, 9.17) is 6.42 Å². The van der Waals surface area contributed by atoms with Crippen LogP contribution in [0.1, 0.15) is 18.4 Å². The van der Waals surface area contributed by atoms with Crippen LogP contribution in [0.5, 0.6) is 0 Å². The number of halogens is 2. The van der Waals surface area contributed by atoms with Crippen LogP contribution in [0.25, 0.3) is 10.2 Å². The first-order valence-electron chi connectivity index (χ1n) is 9.03. The molecule has 0 spiro atoms. The third-order valence-corrected chi connectivity index (χ3v) is 6.95. The number of hydrogen-bond acceptors (Lipinski definition) is 4. The Hall–Kier alpha value is -2.83. The van der Waals surface area contributed by atoms with Gasteiger partial charge in [-0.1, -0.05) is 47.6 Å². The van der Waals surface area contributed by atoms with Crippen molar-refractivity contribution in [1.29, 1.82) is 0 Å². The summed E-state index contributed by atoms with van der Waals surface area (Å²) in [6.07, 6.45) is 5.35. The number of aromatic nitrogens is 1. The first-order chi connectivity index (χ1) is 14.3. The standard InChI is InChI=1S/C21H18F2N2O3S2/c1-2-10-25-20-17(23)12-16(22)13-18(20)29-21(25)24-19(26)9-6-11-30(27,28)14-15-7-4-3-5-8-15/h1,3-5,7-8,12-13H,6,9-11,14H2. The van der Waals surface area contributed by atoms with Crippen LogP contribution >= 0.6 is 11.3 Å². The summed E-state index contributed by atoms with van der Waals surface area (Å²) >= 11 is 0.943. The van der Waals surface area contributed by atoms with Crippen molar-refractivity contribution >= 4 is 37.3 Å². The molecule has 1 aromatic heterocycles. The fourth-order valence-corrected chi connectivity index (χ4v) is 5.47. The van der Waals surface area contributed by atoms with E-state index in [-0.39, 0.29) is 45.9 Å². The molecule has 0 atom stereocenters. The van der Waals surface area contributed by atoms with E-state index in [0.29, 0.717) is 5.56 Å². The quantitative estimate of drug-likeness (QED) is 0.520. The topological polar surface area (TPSA) is 68.5 Å². The maximum atomic E-state index is 14.2. The molecule has 0 aliphatic carbocycles. The average Bonchev–Trinajstić information content (AvgIpc) is 2.99. The summed E-state index contributed by atoms with van der Waals surface area (Å²) in [7, 11) is -3.37. The smallest absolute Gasteiger partial charge is 0.248 e. The normalized spacial score (nSPS) is 12.2. The number of amides is 1. The molecule has 2 aromatic carbocycles. The number of sulfone groups is 1. The predicted octanol–water partition coefficient (Wildman–Crippen LogP) is 3.44. The fraction of sp³-hybridized carbons (Fsp3) is 0.238. The van der Waals surface area contributed by atoms with Gasteiger partial charge in [0.25, 0.3) is 0 Å². The van der Waals surface area contributed by atoms with Crippen LogP contribution < -0.4 is 4.80 Å². The molecular weight excluding hydrogens is 430 g/mol. The second kappa shape index (κ2) is 9.32. The minimum atomic E-state index is -3.37. The molecule has 156 valence electrons. The van der Waals surface area contributed by atoms with E-state index >= 15 is 0 Å². The molecule has 0 unspecified atom stereocenters. The van der Waals surface area contributed by atoms with Crippen LogP contribution in [0.15, 0.2) is 47.5 Å². The zero-order valence-electron chi connectivity index (χ0n) is 15.8. The number of terminal acetylenes is 1. The van der Waals surface area contributed by atoms with Gasteiger partial charge in [0, 0.05) is 12.5 Å². The molecule has 1 heterocycles. The van der Waals surface area contributed by atoms with Crippen LogP contribution in [-0.4, -0.2) is 24.6 Å². The van der Waals surface area contributed by atoms with Crippen molar-refractivity contribution in [2.45, 2.75) is 25.1 Å². The highest BCUT2D eigenvalue weighted by atomic mass is 32.2.